The van der Waals surface area contributed by atoms with Gasteiger partial charge in [0.1, 0.15) is 24.0 Å². The van der Waals surface area contributed by atoms with Gasteiger partial charge < -0.3 is 4.74 Å². The number of halogens is 2. The summed E-state index contributed by atoms with van der Waals surface area (Å²) >= 11 is 0. The van der Waals surface area contributed by atoms with E-state index in [1.165, 1.54) is 19.1 Å². The van der Waals surface area contributed by atoms with Crippen LogP contribution in [0, 0.1) is 18.6 Å². The van der Waals surface area contributed by atoms with E-state index in [0.717, 1.165) is 11.6 Å². The summed E-state index contributed by atoms with van der Waals surface area (Å²) in [6, 6.07) is 8.42. The highest BCUT2D eigenvalue weighted by Gasteiger charge is 2.07. The number of carbonyl (C=O) groups is 1. The van der Waals surface area contributed by atoms with Crippen LogP contribution in [0.15, 0.2) is 36.4 Å². The molecule has 2 rings (SSSR count). The minimum Gasteiger partial charge on any atom is -0.489 e. The van der Waals surface area contributed by atoms with Gasteiger partial charge >= 0.3 is 0 Å². The smallest absolute Gasteiger partial charge is 0.159 e. The van der Waals surface area contributed by atoms with Crippen LogP contribution >= 0.6 is 0 Å². The second-order valence-corrected chi connectivity index (χ2v) is 4.56. The zero-order valence-corrected chi connectivity index (χ0v) is 11.2. The van der Waals surface area contributed by atoms with Gasteiger partial charge in [-0.25, -0.2) is 8.78 Å². The third kappa shape index (κ3) is 3.20. The summed E-state index contributed by atoms with van der Waals surface area (Å²) < 4.78 is 31.7. The van der Waals surface area contributed by atoms with Crippen LogP contribution in [0.3, 0.4) is 0 Å². The Bertz CT molecular complexity index is 651. The molecule has 0 saturated heterocycles. The lowest BCUT2D eigenvalue weighted by atomic mass is 10.1. The minimum absolute atomic E-state index is 0.00632. The largest absolute Gasteiger partial charge is 0.489 e. The van der Waals surface area contributed by atoms with Gasteiger partial charge in [0.2, 0.25) is 0 Å². The number of rotatable bonds is 4. The zero-order chi connectivity index (χ0) is 14.7. The van der Waals surface area contributed by atoms with E-state index in [1.54, 1.807) is 18.2 Å². The molecular weight excluding hydrogens is 262 g/mol. The van der Waals surface area contributed by atoms with Gasteiger partial charge in [-0.3, -0.25) is 4.79 Å². The third-order valence-electron chi connectivity index (χ3n) is 2.98. The summed E-state index contributed by atoms with van der Waals surface area (Å²) in [6.45, 7) is 3.30. The molecular formula is C16H14F2O2. The monoisotopic (exact) mass is 276 g/mol. The van der Waals surface area contributed by atoms with Crippen LogP contribution in [0.2, 0.25) is 0 Å². The number of ether oxygens (including phenoxy) is 1. The average molecular weight is 276 g/mol. The Morgan fingerprint density at radius 2 is 1.90 bits per heavy atom. The van der Waals surface area contributed by atoms with Gasteiger partial charge in [0.15, 0.2) is 5.78 Å². The molecule has 0 saturated carbocycles. The average Bonchev–Trinajstić information content (AvgIpc) is 2.38. The molecule has 0 amide bonds. The topological polar surface area (TPSA) is 26.3 Å². The van der Waals surface area contributed by atoms with Crippen LogP contribution < -0.4 is 4.74 Å². The summed E-state index contributed by atoms with van der Waals surface area (Å²) in [6.07, 6.45) is 0. The predicted molar refractivity (Wildman–Crippen MR) is 71.9 cm³/mol. The van der Waals surface area contributed by atoms with Gasteiger partial charge in [-0.15, -0.1) is 0 Å². The van der Waals surface area contributed by atoms with E-state index in [9.17, 15) is 13.6 Å². The fraction of sp³-hybridized carbons (Fsp3) is 0.188. The molecule has 0 fully saturated rings. The molecule has 0 atom stereocenters. The Morgan fingerprint density at radius 1 is 1.15 bits per heavy atom. The highest BCUT2D eigenvalue weighted by molar-refractivity contribution is 5.94. The molecule has 20 heavy (non-hydrogen) atoms. The van der Waals surface area contributed by atoms with Gasteiger partial charge in [0, 0.05) is 17.2 Å². The summed E-state index contributed by atoms with van der Waals surface area (Å²) in [5.74, 6) is -0.709. The van der Waals surface area contributed by atoms with Gasteiger partial charge in [0.05, 0.1) is 0 Å². The molecule has 0 unspecified atom stereocenters. The number of aryl methyl sites for hydroxylation is 1. The first-order chi connectivity index (χ1) is 9.47. The molecule has 0 bridgehead atoms. The van der Waals surface area contributed by atoms with Gasteiger partial charge in [-0.2, -0.15) is 0 Å². The second kappa shape index (κ2) is 5.82. The lowest BCUT2D eigenvalue weighted by Gasteiger charge is -2.10. The minimum atomic E-state index is -0.636. The van der Waals surface area contributed by atoms with Crippen molar-refractivity contribution in [2.45, 2.75) is 20.5 Å². The van der Waals surface area contributed by atoms with E-state index >= 15 is 0 Å². The number of hydrogen-bond donors (Lipinski definition) is 0. The van der Waals surface area contributed by atoms with E-state index < -0.39 is 11.6 Å². The molecule has 0 aliphatic rings. The summed E-state index contributed by atoms with van der Waals surface area (Å²) in [7, 11) is 0. The van der Waals surface area contributed by atoms with E-state index in [1.807, 2.05) is 6.92 Å². The Morgan fingerprint density at radius 3 is 2.50 bits per heavy atom. The fourth-order valence-corrected chi connectivity index (χ4v) is 1.82. The Kier molecular flexibility index (Phi) is 4.13. The van der Waals surface area contributed by atoms with Crippen LogP contribution in [0.1, 0.15) is 28.4 Å². The first-order valence-corrected chi connectivity index (χ1v) is 6.15. The summed E-state index contributed by atoms with van der Waals surface area (Å²) in [4.78, 5) is 11.2. The van der Waals surface area contributed by atoms with E-state index in [0.29, 0.717) is 11.3 Å². The Balaban J connectivity index is 2.13. The van der Waals surface area contributed by atoms with Crippen LogP contribution in [-0.2, 0) is 6.61 Å². The molecule has 0 radical (unpaired) electrons. The summed E-state index contributed by atoms with van der Waals surface area (Å²) in [5.41, 5.74) is 1.67. The van der Waals surface area contributed by atoms with Crippen LogP contribution in [0.25, 0.3) is 0 Å². The van der Waals surface area contributed by atoms with Crippen molar-refractivity contribution in [3.8, 4) is 5.75 Å². The molecule has 2 aromatic rings. The molecule has 4 heteroatoms. The van der Waals surface area contributed by atoms with Crippen LogP contribution in [-0.4, -0.2) is 5.78 Å². The van der Waals surface area contributed by atoms with Crippen molar-refractivity contribution < 1.29 is 18.3 Å². The highest BCUT2D eigenvalue weighted by Crippen LogP contribution is 2.21. The van der Waals surface area contributed by atoms with Crippen molar-refractivity contribution in [2.24, 2.45) is 0 Å². The standard InChI is InChI=1S/C16H14F2O2/c1-10-7-12(11(2)19)4-6-16(10)20-9-13-3-5-14(17)8-15(13)18/h3-8H,9H2,1-2H3. The molecule has 0 aliphatic carbocycles. The normalized spacial score (nSPS) is 10.4. The molecule has 2 aromatic carbocycles. The molecule has 0 heterocycles. The molecule has 0 aliphatic heterocycles. The zero-order valence-electron chi connectivity index (χ0n) is 11.2. The fourth-order valence-electron chi connectivity index (χ4n) is 1.82. The van der Waals surface area contributed by atoms with Crippen molar-refractivity contribution in [3.05, 3.63) is 64.7 Å². The first-order valence-electron chi connectivity index (χ1n) is 6.15. The van der Waals surface area contributed by atoms with E-state index in [4.69, 9.17) is 4.74 Å². The predicted octanol–water partition coefficient (Wildman–Crippen LogP) is 4.05. The maximum Gasteiger partial charge on any atom is 0.159 e. The maximum absolute atomic E-state index is 13.5. The Hall–Kier alpha value is -2.23. The first kappa shape index (κ1) is 14.2. The van der Waals surface area contributed by atoms with Gasteiger partial charge in [-0.05, 0) is 49.7 Å². The number of ketones is 1. The number of benzene rings is 2. The molecule has 2 nitrogen and oxygen atoms in total. The lowest BCUT2D eigenvalue weighted by Crippen LogP contribution is -2.01. The lowest BCUT2D eigenvalue weighted by molar-refractivity contribution is 0.101. The van der Waals surface area contributed by atoms with Crippen molar-refractivity contribution >= 4 is 5.78 Å². The number of Topliss-reactive ketones (excluding diaryl/α,β-unsaturated/α-hetero) is 1. The molecule has 0 aromatic heterocycles. The number of carbonyl (C=O) groups excluding carboxylic acids is 1. The van der Waals surface area contributed by atoms with Gasteiger partial charge in [0.25, 0.3) is 0 Å². The molecule has 0 N–H and O–H groups in total. The molecule has 104 valence electrons. The van der Waals surface area contributed by atoms with Crippen molar-refractivity contribution in [2.75, 3.05) is 0 Å². The maximum atomic E-state index is 13.5. The third-order valence-corrected chi connectivity index (χ3v) is 2.98. The quantitative estimate of drug-likeness (QED) is 0.787. The van der Waals surface area contributed by atoms with Crippen molar-refractivity contribution in [3.63, 3.8) is 0 Å². The van der Waals surface area contributed by atoms with Crippen molar-refractivity contribution in [1.82, 2.24) is 0 Å². The van der Waals surface area contributed by atoms with Gasteiger partial charge in [-0.1, -0.05) is 0 Å². The summed E-state index contributed by atoms with van der Waals surface area (Å²) in [5, 5.41) is 0. The van der Waals surface area contributed by atoms with Crippen molar-refractivity contribution in [1.29, 1.82) is 0 Å². The van der Waals surface area contributed by atoms with E-state index in [2.05, 4.69) is 0 Å². The van der Waals surface area contributed by atoms with Crippen LogP contribution in [0.5, 0.6) is 5.75 Å². The SMILES string of the molecule is CC(=O)c1ccc(OCc2ccc(F)cc2F)c(C)c1. The Labute approximate surface area is 116 Å². The molecule has 0 spiro atoms. The second-order valence-electron chi connectivity index (χ2n) is 4.56. The van der Waals surface area contributed by atoms with E-state index in [-0.39, 0.29) is 18.0 Å². The van der Waals surface area contributed by atoms with Crippen LogP contribution in [0.4, 0.5) is 8.78 Å². The number of hydrogen-bond acceptors (Lipinski definition) is 2. The highest BCUT2D eigenvalue weighted by atomic mass is 19.1.